The van der Waals surface area contributed by atoms with Gasteiger partial charge >= 0.3 is 0 Å². The summed E-state index contributed by atoms with van der Waals surface area (Å²) < 4.78 is 0. The van der Waals surface area contributed by atoms with Crippen molar-refractivity contribution in [2.24, 2.45) is 0 Å². The van der Waals surface area contributed by atoms with Crippen molar-refractivity contribution in [3.05, 3.63) is 12.4 Å². The van der Waals surface area contributed by atoms with Gasteiger partial charge in [0, 0.05) is 40.3 Å². The lowest BCUT2D eigenvalue weighted by Gasteiger charge is -2.32. The van der Waals surface area contributed by atoms with Crippen LogP contribution in [0.1, 0.15) is 6.92 Å². The van der Waals surface area contributed by atoms with E-state index in [4.69, 9.17) is 0 Å². The van der Waals surface area contributed by atoms with Crippen molar-refractivity contribution in [1.29, 1.82) is 0 Å². The molecule has 1 aromatic rings. The number of hydrogen-bond donors (Lipinski definition) is 1. The summed E-state index contributed by atoms with van der Waals surface area (Å²) in [5.41, 5.74) is 0. The van der Waals surface area contributed by atoms with Crippen molar-refractivity contribution in [3.63, 3.8) is 0 Å². The summed E-state index contributed by atoms with van der Waals surface area (Å²) >= 11 is 0. The van der Waals surface area contributed by atoms with Crippen molar-refractivity contribution in [2.45, 2.75) is 13.0 Å². The average Bonchev–Trinajstić information content (AvgIpc) is 2.49. The van der Waals surface area contributed by atoms with E-state index < -0.39 is 0 Å². The number of piperazine rings is 1. The first-order valence-corrected chi connectivity index (χ1v) is 7.17. The molecule has 8 heteroatoms. The lowest BCUT2D eigenvalue weighted by atomic mass is 10.3. The highest BCUT2D eigenvalue weighted by Crippen LogP contribution is 2.17. The number of aromatic nitrogens is 2. The lowest BCUT2D eigenvalue weighted by molar-refractivity contribution is -0.130. The fourth-order valence-corrected chi connectivity index (χ4v) is 2.22. The van der Waals surface area contributed by atoms with E-state index in [0.29, 0.717) is 24.7 Å². The highest BCUT2D eigenvalue weighted by Gasteiger charge is 2.22. The molecule has 8 nitrogen and oxygen atoms in total. The SMILES string of the molecule is C[C@H](Nc1cc(N2CCN(C)C(=O)C2)ncn1)C(=O)N(C)C. The van der Waals surface area contributed by atoms with E-state index >= 15 is 0 Å². The third-order valence-electron chi connectivity index (χ3n) is 3.61. The van der Waals surface area contributed by atoms with Gasteiger partial charge in [-0.1, -0.05) is 0 Å². The lowest BCUT2D eigenvalue weighted by Crippen LogP contribution is -2.48. The molecule has 2 heterocycles. The summed E-state index contributed by atoms with van der Waals surface area (Å²) in [6, 6.07) is 1.38. The Morgan fingerprint density at radius 1 is 1.36 bits per heavy atom. The first-order chi connectivity index (χ1) is 10.4. The number of amides is 2. The Labute approximate surface area is 130 Å². The molecule has 1 atom stereocenters. The molecule has 1 aliphatic heterocycles. The summed E-state index contributed by atoms with van der Waals surface area (Å²) in [6.07, 6.45) is 1.44. The van der Waals surface area contributed by atoms with Gasteiger partial charge in [0.1, 0.15) is 24.0 Å². The standard InChI is InChI=1S/C14H22N6O2/c1-10(14(22)18(2)3)17-11-7-12(16-9-15-11)20-6-5-19(4)13(21)8-20/h7,9-10H,5-6,8H2,1-4H3,(H,15,16,17)/t10-/m0/s1. The van der Waals surface area contributed by atoms with Crippen molar-refractivity contribution in [1.82, 2.24) is 19.8 Å². The number of nitrogens with zero attached hydrogens (tertiary/aromatic N) is 5. The second-order valence-corrected chi connectivity index (χ2v) is 5.60. The van der Waals surface area contributed by atoms with E-state index in [-0.39, 0.29) is 17.9 Å². The predicted octanol–water partition coefficient (Wildman–Crippen LogP) is -0.356. The van der Waals surface area contributed by atoms with E-state index in [2.05, 4.69) is 15.3 Å². The number of hydrogen-bond acceptors (Lipinski definition) is 6. The number of carbonyl (C=O) groups is 2. The average molecular weight is 306 g/mol. The van der Waals surface area contributed by atoms with Gasteiger partial charge in [-0.15, -0.1) is 0 Å². The van der Waals surface area contributed by atoms with Crippen LogP contribution in [0.2, 0.25) is 0 Å². The largest absolute Gasteiger partial charge is 0.358 e. The Kier molecular flexibility index (Phi) is 4.79. The van der Waals surface area contributed by atoms with Gasteiger partial charge in [0.2, 0.25) is 11.8 Å². The number of rotatable bonds is 4. The van der Waals surface area contributed by atoms with Gasteiger partial charge in [-0.3, -0.25) is 9.59 Å². The molecule has 0 spiro atoms. The van der Waals surface area contributed by atoms with Crippen LogP contribution in [0.5, 0.6) is 0 Å². The zero-order valence-electron chi connectivity index (χ0n) is 13.4. The Hall–Kier alpha value is -2.38. The van der Waals surface area contributed by atoms with Crippen molar-refractivity contribution >= 4 is 23.5 Å². The molecule has 1 aliphatic rings. The summed E-state index contributed by atoms with van der Waals surface area (Å²) in [5.74, 6) is 1.29. The molecule has 0 bridgehead atoms. The van der Waals surface area contributed by atoms with E-state index in [9.17, 15) is 9.59 Å². The van der Waals surface area contributed by atoms with E-state index in [1.165, 1.54) is 11.2 Å². The van der Waals surface area contributed by atoms with Gasteiger partial charge in [-0.2, -0.15) is 0 Å². The molecule has 0 aromatic carbocycles. The van der Waals surface area contributed by atoms with E-state index in [1.54, 1.807) is 39.0 Å². The number of likely N-dealkylation sites (N-methyl/N-ethyl adjacent to an activating group) is 2. The normalized spacial score (nSPS) is 16.5. The Balaban J connectivity index is 2.07. The Morgan fingerprint density at radius 2 is 2.09 bits per heavy atom. The predicted molar refractivity (Wildman–Crippen MR) is 83.7 cm³/mol. The highest BCUT2D eigenvalue weighted by molar-refractivity contribution is 5.84. The summed E-state index contributed by atoms with van der Waals surface area (Å²) in [7, 11) is 5.21. The van der Waals surface area contributed by atoms with E-state index in [0.717, 1.165) is 6.54 Å². The highest BCUT2D eigenvalue weighted by atomic mass is 16.2. The molecular formula is C14H22N6O2. The third-order valence-corrected chi connectivity index (χ3v) is 3.61. The smallest absolute Gasteiger partial charge is 0.244 e. The van der Waals surface area contributed by atoms with Crippen LogP contribution in [0.15, 0.2) is 12.4 Å². The number of carbonyl (C=O) groups excluding carboxylic acids is 2. The molecule has 120 valence electrons. The number of nitrogens with one attached hydrogen (secondary N) is 1. The molecule has 0 aliphatic carbocycles. The molecule has 22 heavy (non-hydrogen) atoms. The monoisotopic (exact) mass is 306 g/mol. The fraction of sp³-hybridized carbons (Fsp3) is 0.571. The van der Waals surface area contributed by atoms with Crippen LogP contribution in [0.25, 0.3) is 0 Å². The Morgan fingerprint density at radius 3 is 2.73 bits per heavy atom. The quantitative estimate of drug-likeness (QED) is 0.818. The molecular weight excluding hydrogens is 284 g/mol. The maximum atomic E-state index is 11.9. The first-order valence-electron chi connectivity index (χ1n) is 7.17. The van der Waals surface area contributed by atoms with Crippen molar-refractivity contribution in [3.8, 4) is 0 Å². The van der Waals surface area contributed by atoms with Crippen LogP contribution in [-0.2, 0) is 9.59 Å². The first kappa shape index (κ1) is 16.0. The summed E-state index contributed by atoms with van der Waals surface area (Å²) in [5, 5.41) is 3.06. The molecule has 0 unspecified atom stereocenters. The zero-order valence-corrected chi connectivity index (χ0v) is 13.4. The van der Waals surface area contributed by atoms with Crippen LogP contribution in [0.3, 0.4) is 0 Å². The molecule has 1 N–H and O–H groups in total. The van der Waals surface area contributed by atoms with Gasteiger partial charge < -0.3 is 20.0 Å². The van der Waals surface area contributed by atoms with Crippen LogP contribution in [0, 0.1) is 0 Å². The van der Waals surface area contributed by atoms with Gasteiger partial charge in [0.25, 0.3) is 0 Å². The maximum Gasteiger partial charge on any atom is 0.244 e. The third kappa shape index (κ3) is 3.63. The van der Waals surface area contributed by atoms with Gasteiger partial charge in [-0.05, 0) is 6.92 Å². The molecule has 1 saturated heterocycles. The van der Waals surface area contributed by atoms with Crippen LogP contribution >= 0.6 is 0 Å². The molecule has 2 amide bonds. The van der Waals surface area contributed by atoms with Crippen LogP contribution in [0.4, 0.5) is 11.6 Å². The molecule has 2 rings (SSSR count). The van der Waals surface area contributed by atoms with Crippen LogP contribution in [-0.4, -0.2) is 78.4 Å². The Bertz CT molecular complexity index is 562. The molecule has 0 saturated carbocycles. The minimum absolute atomic E-state index is 0.0325. The topological polar surface area (TPSA) is 81.7 Å². The fourth-order valence-electron chi connectivity index (χ4n) is 2.22. The molecule has 1 fully saturated rings. The van der Waals surface area contributed by atoms with Crippen LogP contribution < -0.4 is 10.2 Å². The second-order valence-electron chi connectivity index (χ2n) is 5.60. The van der Waals surface area contributed by atoms with Crippen molar-refractivity contribution < 1.29 is 9.59 Å². The van der Waals surface area contributed by atoms with Gasteiger partial charge in [-0.25, -0.2) is 9.97 Å². The zero-order chi connectivity index (χ0) is 16.3. The maximum absolute atomic E-state index is 11.9. The minimum Gasteiger partial charge on any atom is -0.358 e. The van der Waals surface area contributed by atoms with Gasteiger partial charge in [0.05, 0.1) is 6.54 Å². The number of anilines is 2. The molecule has 1 aromatic heterocycles. The van der Waals surface area contributed by atoms with Crippen molar-refractivity contribution in [2.75, 3.05) is 51.0 Å². The summed E-state index contributed by atoms with van der Waals surface area (Å²) in [6.45, 7) is 3.48. The second kappa shape index (κ2) is 6.59. The summed E-state index contributed by atoms with van der Waals surface area (Å²) in [4.78, 5) is 37.1. The van der Waals surface area contributed by atoms with Gasteiger partial charge in [0.15, 0.2) is 0 Å². The van der Waals surface area contributed by atoms with E-state index in [1.807, 2.05) is 4.90 Å². The minimum atomic E-state index is -0.383. The molecule has 0 radical (unpaired) electrons.